The lowest BCUT2D eigenvalue weighted by Crippen LogP contribution is -2.61. The third kappa shape index (κ3) is 7.81. The Hall–Kier alpha value is -4.19. The fraction of sp³-hybridized carbons (Fsp3) is 0.400. The summed E-state index contributed by atoms with van der Waals surface area (Å²) >= 11 is 0. The van der Waals surface area contributed by atoms with Gasteiger partial charge in [-0.15, -0.1) is 23.4 Å². The number of nitrogens with one attached hydrogen (secondary N) is 1. The molecule has 4 rings (SSSR count). The number of benzene rings is 2. The van der Waals surface area contributed by atoms with E-state index in [0.29, 0.717) is 5.56 Å². The van der Waals surface area contributed by atoms with Crippen LogP contribution in [-0.2, 0) is 38.6 Å². The van der Waals surface area contributed by atoms with Gasteiger partial charge < -0.3 is 15.0 Å². The van der Waals surface area contributed by atoms with Crippen LogP contribution in [0.3, 0.4) is 0 Å². The van der Waals surface area contributed by atoms with Crippen LogP contribution in [0.15, 0.2) is 59.8 Å². The molecule has 0 spiro atoms. The average Bonchev–Trinajstić information content (AvgIpc) is 3.48. The van der Waals surface area contributed by atoms with Gasteiger partial charge in [-0.2, -0.15) is 9.10 Å². The zero-order valence-corrected chi connectivity index (χ0v) is 23.4. The first-order valence-electron chi connectivity index (χ1n) is 12.8. The molecule has 0 saturated carbocycles. The molecule has 1 aromatic heterocycles. The molecular formula is C25H26F5N7O5S. The average molecular weight is 632 g/mol. The Labute approximate surface area is 242 Å². The molecular weight excluding hydrogens is 605 g/mol. The fourth-order valence-corrected chi connectivity index (χ4v) is 5.87. The Kier molecular flexibility index (Phi) is 9.29. The summed E-state index contributed by atoms with van der Waals surface area (Å²) < 4.78 is 97.2. The maximum absolute atomic E-state index is 14.0. The summed E-state index contributed by atoms with van der Waals surface area (Å²) in [4.78, 5) is 28.1. The van der Waals surface area contributed by atoms with Gasteiger partial charge in [0.25, 0.3) is 5.92 Å². The molecule has 1 aliphatic rings. The lowest BCUT2D eigenvalue weighted by Gasteiger charge is -2.39. The van der Waals surface area contributed by atoms with E-state index in [1.807, 2.05) is 0 Å². The fourth-order valence-electron chi connectivity index (χ4n) is 4.30. The minimum Gasteiger partial charge on any atom is -0.406 e. The van der Waals surface area contributed by atoms with Gasteiger partial charge in [-0.1, -0.05) is 31.2 Å². The zero-order valence-electron chi connectivity index (χ0n) is 22.5. The molecule has 2 heterocycles. The van der Waals surface area contributed by atoms with E-state index in [0.717, 1.165) is 39.7 Å². The summed E-state index contributed by atoms with van der Waals surface area (Å²) in [5.74, 6) is -4.97. The molecule has 1 saturated heterocycles. The normalized spacial score (nSPS) is 16.6. The van der Waals surface area contributed by atoms with Crippen molar-refractivity contribution in [3.05, 3.63) is 66.0 Å². The van der Waals surface area contributed by atoms with Crippen LogP contribution in [0.2, 0.25) is 0 Å². The van der Waals surface area contributed by atoms with Gasteiger partial charge >= 0.3 is 6.36 Å². The summed E-state index contributed by atoms with van der Waals surface area (Å²) in [6, 6.07) is 7.29. The van der Waals surface area contributed by atoms with Crippen molar-refractivity contribution in [2.24, 2.45) is 0 Å². The van der Waals surface area contributed by atoms with Gasteiger partial charge in [0.2, 0.25) is 21.8 Å². The van der Waals surface area contributed by atoms with Crippen molar-refractivity contribution in [2.45, 2.75) is 49.7 Å². The number of ether oxygens (including phenoxy) is 1. The largest absolute Gasteiger partial charge is 0.573 e. The van der Waals surface area contributed by atoms with Crippen LogP contribution in [0.1, 0.15) is 24.5 Å². The molecule has 0 bridgehead atoms. The predicted octanol–water partition coefficient (Wildman–Crippen LogP) is 2.29. The van der Waals surface area contributed by atoms with Gasteiger partial charge in [-0.05, 0) is 35.0 Å². The van der Waals surface area contributed by atoms with Crippen molar-refractivity contribution < 1.29 is 44.7 Å². The van der Waals surface area contributed by atoms with Crippen molar-refractivity contribution in [3.8, 4) is 5.75 Å². The molecule has 1 atom stereocenters. The Balaban J connectivity index is 1.54. The highest BCUT2D eigenvalue weighted by atomic mass is 32.2. The Morgan fingerprint density at radius 2 is 1.70 bits per heavy atom. The third-order valence-electron chi connectivity index (χ3n) is 6.61. The van der Waals surface area contributed by atoms with Gasteiger partial charge in [0, 0.05) is 38.2 Å². The molecule has 0 unspecified atom stereocenters. The van der Waals surface area contributed by atoms with Crippen LogP contribution in [0, 0.1) is 0 Å². The number of carbonyl (C=O) groups is 2. The van der Waals surface area contributed by atoms with E-state index in [4.69, 9.17) is 0 Å². The van der Waals surface area contributed by atoms with Crippen molar-refractivity contribution in [1.82, 2.24) is 34.7 Å². The standard InChI is InChI=1S/C25H26F5N7O5S/c1-2-24(26,27)18-5-3-17(4-6-18)13-31-23(39)21-14-35(22(38)15-37-33-16-32-34-37)11-12-36(21)43(40,41)20-9-7-19(8-10-20)42-25(28,29)30/h3-10,16,21H,2,11-15H2,1H3,(H,31,39)/t21-/m1/s1. The summed E-state index contributed by atoms with van der Waals surface area (Å²) in [5.41, 5.74) is 0.261. The van der Waals surface area contributed by atoms with Crippen LogP contribution in [0.5, 0.6) is 5.75 Å². The van der Waals surface area contributed by atoms with Crippen LogP contribution in [-0.4, -0.2) is 81.7 Å². The molecule has 2 aromatic carbocycles. The number of piperazine rings is 1. The summed E-state index contributed by atoms with van der Waals surface area (Å²) in [5, 5.41) is 13.5. The molecule has 12 nitrogen and oxygen atoms in total. The van der Waals surface area contributed by atoms with Crippen LogP contribution >= 0.6 is 0 Å². The number of alkyl halides is 5. The van der Waals surface area contributed by atoms with Gasteiger partial charge in [-0.3, -0.25) is 9.59 Å². The molecule has 0 radical (unpaired) electrons. The summed E-state index contributed by atoms with van der Waals surface area (Å²) in [7, 11) is -4.45. The smallest absolute Gasteiger partial charge is 0.406 e. The second-order valence-corrected chi connectivity index (χ2v) is 11.3. The Morgan fingerprint density at radius 3 is 2.28 bits per heavy atom. The quantitative estimate of drug-likeness (QED) is 0.337. The first-order valence-corrected chi connectivity index (χ1v) is 14.2. The summed E-state index contributed by atoms with van der Waals surface area (Å²) in [6.45, 7) is 0.0875. The number of sulfonamides is 1. The van der Waals surface area contributed by atoms with E-state index in [2.05, 4.69) is 25.5 Å². The molecule has 0 aliphatic carbocycles. The van der Waals surface area contributed by atoms with E-state index in [9.17, 15) is 40.0 Å². The van der Waals surface area contributed by atoms with Crippen LogP contribution in [0.4, 0.5) is 22.0 Å². The van der Waals surface area contributed by atoms with E-state index in [1.54, 1.807) is 0 Å². The molecule has 2 amide bonds. The number of aromatic nitrogens is 4. The van der Waals surface area contributed by atoms with Crippen molar-refractivity contribution >= 4 is 21.8 Å². The lowest BCUT2D eigenvalue weighted by molar-refractivity contribution is -0.274. The number of tetrazole rings is 1. The molecule has 1 N–H and O–H groups in total. The Bertz CT molecular complexity index is 1520. The van der Waals surface area contributed by atoms with E-state index in [-0.39, 0.29) is 38.3 Å². The molecule has 232 valence electrons. The second-order valence-electron chi connectivity index (χ2n) is 9.43. The molecule has 3 aromatic rings. The van der Waals surface area contributed by atoms with Crippen molar-refractivity contribution in [2.75, 3.05) is 19.6 Å². The highest BCUT2D eigenvalue weighted by Crippen LogP contribution is 2.31. The maximum Gasteiger partial charge on any atom is 0.573 e. The number of hydrogen-bond donors (Lipinski definition) is 1. The monoisotopic (exact) mass is 631 g/mol. The molecule has 18 heteroatoms. The van der Waals surface area contributed by atoms with Crippen molar-refractivity contribution in [1.29, 1.82) is 0 Å². The predicted molar refractivity (Wildman–Crippen MR) is 138 cm³/mol. The highest BCUT2D eigenvalue weighted by Gasteiger charge is 2.41. The second kappa shape index (κ2) is 12.6. The van der Waals surface area contributed by atoms with Gasteiger partial charge in [0.1, 0.15) is 18.3 Å². The van der Waals surface area contributed by atoms with E-state index in [1.165, 1.54) is 36.1 Å². The first-order chi connectivity index (χ1) is 20.2. The highest BCUT2D eigenvalue weighted by molar-refractivity contribution is 7.89. The van der Waals surface area contributed by atoms with Crippen LogP contribution in [0.25, 0.3) is 0 Å². The third-order valence-corrected chi connectivity index (χ3v) is 8.53. The molecule has 43 heavy (non-hydrogen) atoms. The number of carbonyl (C=O) groups excluding carboxylic acids is 2. The minimum absolute atomic E-state index is 0.112. The molecule has 1 aliphatic heterocycles. The van der Waals surface area contributed by atoms with Crippen LogP contribution < -0.4 is 10.1 Å². The molecule has 1 fully saturated rings. The van der Waals surface area contributed by atoms with E-state index >= 15 is 0 Å². The lowest BCUT2D eigenvalue weighted by atomic mass is 10.0. The number of rotatable bonds is 10. The summed E-state index contributed by atoms with van der Waals surface area (Å²) in [6.07, 6.45) is -4.25. The maximum atomic E-state index is 14.0. The number of nitrogens with zero attached hydrogens (tertiary/aromatic N) is 6. The number of halogens is 5. The van der Waals surface area contributed by atoms with Gasteiger partial charge in [0.15, 0.2) is 6.33 Å². The number of hydrogen-bond acceptors (Lipinski definition) is 8. The van der Waals surface area contributed by atoms with Gasteiger partial charge in [-0.25, -0.2) is 17.2 Å². The SMILES string of the molecule is CCC(F)(F)c1ccc(CNC(=O)[C@H]2CN(C(=O)Cn3ncnn3)CCN2S(=O)(=O)c2ccc(OC(F)(F)F)cc2)cc1. The minimum atomic E-state index is -4.98. The topological polar surface area (TPSA) is 140 Å². The van der Waals surface area contributed by atoms with E-state index < -0.39 is 57.2 Å². The zero-order chi connectivity index (χ0) is 31.4. The Morgan fingerprint density at radius 1 is 1.02 bits per heavy atom. The van der Waals surface area contributed by atoms with Crippen molar-refractivity contribution in [3.63, 3.8) is 0 Å². The van der Waals surface area contributed by atoms with Gasteiger partial charge in [0.05, 0.1) is 4.90 Å². The first kappa shape index (κ1) is 31.7. The number of amides is 2.